The van der Waals surface area contributed by atoms with Crippen molar-refractivity contribution in [1.29, 1.82) is 0 Å². The molecular weight excluding hydrogens is 448 g/mol. The van der Waals surface area contributed by atoms with Gasteiger partial charge >= 0.3 is 5.97 Å². The number of amidine groups is 1. The van der Waals surface area contributed by atoms with Gasteiger partial charge in [0.2, 0.25) is 5.91 Å². The first-order chi connectivity index (χ1) is 16.3. The van der Waals surface area contributed by atoms with E-state index in [2.05, 4.69) is 55.4 Å². The van der Waals surface area contributed by atoms with Gasteiger partial charge in [0, 0.05) is 11.7 Å². The Morgan fingerprint density at radius 1 is 1.21 bits per heavy atom. The summed E-state index contributed by atoms with van der Waals surface area (Å²) in [6.45, 7) is 8.15. The van der Waals surface area contributed by atoms with E-state index in [0.717, 1.165) is 42.4 Å². The third-order valence-corrected chi connectivity index (χ3v) is 7.64. The van der Waals surface area contributed by atoms with E-state index in [1.165, 1.54) is 24.4 Å². The number of allylic oxidation sites excluding steroid dienone is 1. The molecule has 1 aromatic carbocycles. The topological polar surface area (TPSA) is 74.2 Å². The van der Waals surface area contributed by atoms with E-state index >= 15 is 0 Å². The van der Waals surface area contributed by atoms with Gasteiger partial charge in [0.25, 0.3) is 0 Å². The minimum absolute atomic E-state index is 0.00227. The van der Waals surface area contributed by atoms with E-state index < -0.39 is 12.0 Å². The molecule has 8 heteroatoms. The molecule has 7 nitrogen and oxygen atoms in total. The van der Waals surface area contributed by atoms with Gasteiger partial charge in [-0.3, -0.25) is 4.79 Å². The Morgan fingerprint density at radius 2 is 1.88 bits per heavy atom. The van der Waals surface area contributed by atoms with E-state index in [-0.39, 0.29) is 18.4 Å². The van der Waals surface area contributed by atoms with Crippen molar-refractivity contribution in [3.8, 4) is 0 Å². The molecule has 1 saturated heterocycles. The molecule has 1 atom stereocenters. The van der Waals surface area contributed by atoms with Crippen LogP contribution in [0.25, 0.3) is 0 Å². The number of hydrogen-bond acceptors (Lipinski definition) is 7. The number of thioether (sulfide) groups is 1. The van der Waals surface area contributed by atoms with Gasteiger partial charge in [0.1, 0.15) is 0 Å². The number of nitrogens with zero attached hydrogens (tertiary/aromatic N) is 3. The number of rotatable bonds is 6. The van der Waals surface area contributed by atoms with E-state index in [1.54, 1.807) is 0 Å². The maximum Gasteiger partial charge on any atom is 0.338 e. The second kappa shape index (κ2) is 10.4. The van der Waals surface area contributed by atoms with Crippen molar-refractivity contribution >= 4 is 28.8 Å². The lowest BCUT2D eigenvalue weighted by Crippen LogP contribution is -2.44. The van der Waals surface area contributed by atoms with Crippen molar-refractivity contribution in [3.05, 3.63) is 57.8 Å². The maximum absolute atomic E-state index is 13.0. The summed E-state index contributed by atoms with van der Waals surface area (Å²) in [6, 6.07) is 8.17. The number of amides is 1. The van der Waals surface area contributed by atoms with Gasteiger partial charge in [-0.2, -0.15) is 0 Å². The van der Waals surface area contributed by atoms with Crippen molar-refractivity contribution in [2.45, 2.75) is 58.0 Å². The lowest BCUT2D eigenvalue weighted by Gasteiger charge is -2.36. The molecule has 3 aliphatic rings. The summed E-state index contributed by atoms with van der Waals surface area (Å²) in [5.41, 5.74) is 4.21. The molecule has 1 fully saturated rings. The van der Waals surface area contributed by atoms with E-state index in [1.807, 2.05) is 17.2 Å². The van der Waals surface area contributed by atoms with Crippen LogP contribution in [0.5, 0.6) is 0 Å². The van der Waals surface area contributed by atoms with Crippen LogP contribution >= 0.6 is 11.8 Å². The van der Waals surface area contributed by atoms with Crippen LogP contribution in [0.3, 0.4) is 0 Å². The summed E-state index contributed by atoms with van der Waals surface area (Å²) in [5, 5.41) is 5.97. The number of benzene rings is 1. The first-order valence-electron chi connectivity index (χ1n) is 11.9. The highest BCUT2D eigenvalue weighted by Crippen LogP contribution is 2.45. The molecule has 3 aliphatic heterocycles. The van der Waals surface area contributed by atoms with Crippen LogP contribution in [0.15, 0.2) is 51.6 Å². The quantitative estimate of drug-likeness (QED) is 0.614. The molecule has 34 heavy (non-hydrogen) atoms. The second-order valence-corrected chi connectivity index (χ2v) is 10.4. The number of fused-ring (bicyclic) bond motifs is 1. The summed E-state index contributed by atoms with van der Waals surface area (Å²) in [6.07, 6.45) is 2.17. The van der Waals surface area contributed by atoms with Gasteiger partial charge < -0.3 is 19.9 Å². The Morgan fingerprint density at radius 3 is 2.50 bits per heavy atom. The lowest BCUT2D eigenvalue weighted by molar-refractivity contribution is -0.136. The lowest BCUT2D eigenvalue weighted by atomic mass is 9.92. The standard InChI is InChI=1S/C26H34N4O3S/c1-16(2)18-6-8-19(9-7-18)24-23(25(32)33-5)17(3)27-26-30(24)21(15-34-26)14-22(31)28-20-10-12-29(4)13-11-20/h6-9,15-16,20,24H,10-14H2,1-5H3,(H,28,31)/t24-/m0/s1. The zero-order chi connectivity index (χ0) is 24.4. The normalized spacial score (nSPS) is 21.4. The van der Waals surface area contributed by atoms with Crippen molar-refractivity contribution in [2.24, 2.45) is 4.99 Å². The Hall–Kier alpha value is -2.58. The summed E-state index contributed by atoms with van der Waals surface area (Å²) >= 11 is 1.50. The van der Waals surface area contributed by atoms with Gasteiger partial charge in [-0.1, -0.05) is 49.9 Å². The monoisotopic (exact) mass is 482 g/mol. The van der Waals surface area contributed by atoms with Crippen LogP contribution in [-0.2, 0) is 14.3 Å². The number of esters is 1. The van der Waals surface area contributed by atoms with E-state index in [9.17, 15) is 9.59 Å². The summed E-state index contributed by atoms with van der Waals surface area (Å²) < 4.78 is 5.15. The fourth-order valence-electron chi connectivity index (χ4n) is 4.72. The predicted octanol–water partition coefficient (Wildman–Crippen LogP) is 4.16. The number of ether oxygens (including phenoxy) is 1. The maximum atomic E-state index is 13.0. The average Bonchev–Trinajstić information content (AvgIpc) is 3.20. The Bertz CT molecular complexity index is 1040. The zero-order valence-corrected chi connectivity index (χ0v) is 21.4. The molecule has 0 bridgehead atoms. The minimum atomic E-state index is -0.398. The summed E-state index contributed by atoms with van der Waals surface area (Å²) in [5.74, 6) is 0.0173. The van der Waals surface area contributed by atoms with Crippen LogP contribution in [0.1, 0.15) is 63.1 Å². The highest BCUT2D eigenvalue weighted by atomic mass is 32.2. The SMILES string of the molecule is COC(=O)C1=C(C)N=C2SC=C(CC(=O)NC3CCN(C)CC3)N2[C@H]1c1ccc(C(C)C)cc1. The van der Waals surface area contributed by atoms with Crippen molar-refractivity contribution in [3.63, 3.8) is 0 Å². The van der Waals surface area contributed by atoms with Gasteiger partial charge in [-0.05, 0) is 62.4 Å². The van der Waals surface area contributed by atoms with Crippen LogP contribution in [0.4, 0.5) is 0 Å². The number of methoxy groups -OCH3 is 1. The van der Waals surface area contributed by atoms with E-state index in [0.29, 0.717) is 17.2 Å². The highest BCUT2D eigenvalue weighted by molar-refractivity contribution is 8.16. The van der Waals surface area contributed by atoms with Crippen LogP contribution < -0.4 is 5.32 Å². The molecule has 0 spiro atoms. The third-order valence-electron chi connectivity index (χ3n) is 6.75. The summed E-state index contributed by atoms with van der Waals surface area (Å²) in [7, 11) is 3.50. The first-order valence-corrected chi connectivity index (χ1v) is 12.8. The van der Waals surface area contributed by atoms with Gasteiger partial charge in [0.15, 0.2) is 5.17 Å². The molecular formula is C26H34N4O3S. The summed E-state index contributed by atoms with van der Waals surface area (Å²) in [4.78, 5) is 34.8. The number of hydrogen-bond donors (Lipinski definition) is 1. The average molecular weight is 483 g/mol. The smallest absolute Gasteiger partial charge is 0.338 e. The van der Waals surface area contributed by atoms with Crippen molar-refractivity contribution in [1.82, 2.24) is 15.1 Å². The largest absolute Gasteiger partial charge is 0.466 e. The predicted molar refractivity (Wildman–Crippen MR) is 136 cm³/mol. The van der Waals surface area contributed by atoms with E-state index in [4.69, 9.17) is 9.73 Å². The fourth-order valence-corrected chi connectivity index (χ4v) is 5.68. The van der Waals surface area contributed by atoms with Crippen LogP contribution in [0, 0.1) is 0 Å². The van der Waals surface area contributed by atoms with Crippen molar-refractivity contribution in [2.75, 3.05) is 27.2 Å². The molecule has 0 aromatic heterocycles. The number of nitrogens with one attached hydrogen (secondary N) is 1. The number of aliphatic imine (C=N–C) groups is 1. The first kappa shape index (κ1) is 24.5. The molecule has 4 rings (SSSR count). The van der Waals surface area contributed by atoms with Crippen LogP contribution in [0.2, 0.25) is 0 Å². The van der Waals surface area contributed by atoms with Gasteiger partial charge in [-0.25, -0.2) is 9.79 Å². The van der Waals surface area contributed by atoms with Crippen molar-refractivity contribution < 1.29 is 14.3 Å². The fraction of sp³-hybridized carbons (Fsp3) is 0.500. The second-order valence-electron chi connectivity index (χ2n) is 9.53. The van der Waals surface area contributed by atoms with Gasteiger partial charge in [-0.15, -0.1) is 0 Å². The number of carbonyl (C=O) groups is 2. The Balaban J connectivity index is 1.60. The molecule has 0 saturated carbocycles. The number of carbonyl (C=O) groups excluding carboxylic acids is 2. The van der Waals surface area contributed by atoms with Crippen LogP contribution in [-0.4, -0.2) is 60.1 Å². The molecule has 0 aliphatic carbocycles. The minimum Gasteiger partial charge on any atom is -0.466 e. The molecule has 1 N–H and O–H groups in total. The number of likely N-dealkylation sites (tertiary alicyclic amines) is 1. The Kier molecular flexibility index (Phi) is 7.48. The van der Waals surface area contributed by atoms with Gasteiger partial charge in [0.05, 0.1) is 30.8 Å². The molecule has 0 unspecified atom stereocenters. The highest BCUT2D eigenvalue weighted by Gasteiger charge is 2.41. The molecule has 182 valence electrons. The zero-order valence-electron chi connectivity index (χ0n) is 20.6. The third kappa shape index (κ3) is 5.08. The molecule has 1 amide bonds. The Labute approximate surface area is 206 Å². The molecule has 3 heterocycles. The molecule has 1 aromatic rings. The number of piperidine rings is 1. The molecule has 0 radical (unpaired) electrons.